The van der Waals surface area contributed by atoms with Gasteiger partial charge < -0.3 is 4.74 Å². The van der Waals surface area contributed by atoms with Gasteiger partial charge in [0.2, 0.25) is 0 Å². The van der Waals surface area contributed by atoms with E-state index in [0.717, 1.165) is 16.3 Å². The zero-order chi connectivity index (χ0) is 13.2. The van der Waals surface area contributed by atoms with Gasteiger partial charge in [0.25, 0.3) is 0 Å². The monoisotopic (exact) mass is 294 g/mol. The zero-order valence-corrected chi connectivity index (χ0v) is 12.3. The Morgan fingerprint density at radius 1 is 1.47 bits per heavy atom. The third-order valence-corrected chi connectivity index (χ3v) is 5.43. The first-order chi connectivity index (χ1) is 9.29. The fourth-order valence-electron chi connectivity index (χ4n) is 2.34. The number of esters is 1. The van der Waals surface area contributed by atoms with Gasteiger partial charge in [-0.05, 0) is 24.8 Å². The average Bonchev–Trinajstić information content (AvgIpc) is 2.98. The van der Waals surface area contributed by atoms with Crippen LogP contribution < -0.4 is 0 Å². The van der Waals surface area contributed by atoms with Crippen LogP contribution in [0, 0.1) is 0 Å². The molecule has 3 rings (SSSR count). The van der Waals surface area contributed by atoms with E-state index < -0.39 is 0 Å². The Morgan fingerprint density at radius 2 is 2.37 bits per heavy atom. The summed E-state index contributed by atoms with van der Waals surface area (Å²) in [5, 5.41) is 2.23. The number of carbonyl (C=O) groups is 1. The number of aryl methyl sites for hydroxylation is 2. The number of hydrogen-bond donors (Lipinski definition) is 0. The summed E-state index contributed by atoms with van der Waals surface area (Å²) in [5.74, 6) is 0.525. The van der Waals surface area contributed by atoms with Gasteiger partial charge in [-0.2, -0.15) is 0 Å². The molecule has 0 saturated heterocycles. The normalized spacial score (nSPS) is 13.7. The van der Waals surface area contributed by atoms with Crippen LogP contribution in [0.4, 0.5) is 0 Å². The van der Waals surface area contributed by atoms with Crippen LogP contribution in [0.15, 0.2) is 11.4 Å². The molecule has 0 amide bonds. The van der Waals surface area contributed by atoms with Crippen molar-refractivity contribution in [3.8, 4) is 0 Å². The molecule has 1 aliphatic rings. The minimum atomic E-state index is -0.173. The third-order valence-electron chi connectivity index (χ3n) is 3.24. The zero-order valence-electron chi connectivity index (χ0n) is 10.6. The lowest BCUT2D eigenvalue weighted by Gasteiger charge is -2.03. The first-order valence-electron chi connectivity index (χ1n) is 6.24. The minimum absolute atomic E-state index is 0.173. The van der Waals surface area contributed by atoms with Crippen LogP contribution in [0.25, 0.3) is 10.2 Å². The molecule has 2 aromatic heterocycles. The predicted octanol–water partition coefficient (Wildman–Crippen LogP) is 2.84. The van der Waals surface area contributed by atoms with Gasteiger partial charge in [0.15, 0.2) is 0 Å². The molecule has 0 atom stereocenters. The summed E-state index contributed by atoms with van der Waals surface area (Å²) in [4.78, 5) is 22.4. The Kier molecular flexibility index (Phi) is 3.70. The van der Waals surface area contributed by atoms with Gasteiger partial charge in [-0.3, -0.25) is 4.79 Å². The Labute approximate surface area is 119 Å². The van der Waals surface area contributed by atoms with Crippen LogP contribution in [-0.2, 0) is 22.4 Å². The molecule has 0 aromatic carbocycles. The lowest BCUT2D eigenvalue weighted by molar-refractivity contribution is -0.140. The van der Waals surface area contributed by atoms with E-state index in [1.165, 1.54) is 35.8 Å². The highest BCUT2D eigenvalue weighted by molar-refractivity contribution is 7.99. The van der Waals surface area contributed by atoms with Crippen molar-refractivity contribution in [1.82, 2.24) is 9.97 Å². The van der Waals surface area contributed by atoms with Gasteiger partial charge in [-0.1, -0.05) is 0 Å². The Balaban J connectivity index is 1.85. The number of fused-ring (bicyclic) bond motifs is 3. The molecule has 1 aliphatic carbocycles. The summed E-state index contributed by atoms with van der Waals surface area (Å²) in [5.41, 5.74) is 1.43. The van der Waals surface area contributed by atoms with Crippen molar-refractivity contribution in [3.05, 3.63) is 16.8 Å². The predicted molar refractivity (Wildman–Crippen MR) is 76.8 cm³/mol. The summed E-state index contributed by atoms with van der Waals surface area (Å²) in [6, 6.07) is 0. The van der Waals surface area contributed by atoms with Gasteiger partial charge >= 0.3 is 5.97 Å². The largest absolute Gasteiger partial charge is 0.469 e. The van der Waals surface area contributed by atoms with E-state index in [9.17, 15) is 4.79 Å². The summed E-state index contributed by atoms with van der Waals surface area (Å²) in [6.45, 7) is 0. The molecule has 0 fully saturated rings. The second-order valence-electron chi connectivity index (χ2n) is 4.39. The molecular weight excluding hydrogens is 280 g/mol. The first-order valence-corrected chi connectivity index (χ1v) is 8.04. The van der Waals surface area contributed by atoms with Crippen molar-refractivity contribution in [2.75, 3.05) is 12.9 Å². The van der Waals surface area contributed by atoms with Gasteiger partial charge in [-0.15, -0.1) is 23.1 Å². The first kappa shape index (κ1) is 12.9. The molecule has 0 unspecified atom stereocenters. The molecule has 0 N–H and O–H groups in total. The molecule has 0 aliphatic heterocycles. The maximum Gasteiger partial charge on any atom is 0.306 e. The standard InChI is InChI=1S/C13H14N2O2S2/c1-17-10(16)5-6-18-12-11-8-3-2-4-9(8)19-13(11)15-7-14-12/h7H,2-6H2,1H3. The molecule has 2 heterocycles. The van der Waals surface area contributed by atoms with Crippen molar-refractivity contribution in [2.45, 2.75) is 30.7 Å². The second-order valence-corrected chi connectivity index (χ2v) is 6.56. The van der Waals surface area contributed by atoms with Crippen molar-refractivity contribution >= 4 is 39.3 Å². The maximum absolute atomic E-state index is 11.1. The Morgan fingerprint density at radius 3 is 3.21 bits per heavy atom. The second kappa shape index (κ2) is 5.46. The van der Waals surface area contributed by atoms with Gasteiger partial charge in [0.05, 0.1) is 13.5 Å². The summed E-state index contributed by atoms with van der Waals surface area (Å²) >= 11 is 3.41. The molecule has 0 bridgehead atoms. The van der Waals surface area contributed by atoms with Crippen molar-refractivity contribution in [2.24, 2.45) is 0 Å². The SMILES string of the molecule is COC(=O)CCSc1ncnc2sc3c(c12)CCC3. The van der Waals surface area contributed by atoms with E-state index in [0.29, 0.717) is 12.2 Å². The topological polar surface area (TPSA) is 52.1 Å². The molecule has 19 heavy (non-hydrogen) atoms. The highest BCUT2D eigenvalue weighted by atomic mass is 32.2. The molecule has 6 heteroatoms. The Hall–Kier alpha value is -1.14. The number of methoxy groups -OCH3 is 1. The summed E-state index contributed by atoms with van der Waals surface area (Å²) in [7, 11) is 1.42. The number of nitrogens with zero attached hydrogens (tertiary/aromatic N) is 2. The lowest BCUT2D eigenvalue weighted by atomic mass is 10.2. The highest BCUT2D eigenvalue weighted by Gasteiger charge is 2.21. The van der Waals surface area contributed by atoms with Crippen LogP contribution in [0.1, 0.15) is 23.3 Å². The smallest absolute Gasteiger partial charge is 0.306 e. The fourth-order valence-corrected chi connectivity index (χ4v) is 4.58. The Bertz CT molecular complexity index is 624. The molecular formula is C13H14N2O2S2. The summed E-state index contributed by atoms with van der Waals surface area (Å²) < 4.78 is 4.65. The third kappa shape index (κ3) is 2.47. The van der Waals surface area contributed by atoms with Crippen LogP contribution in [0.5, 0.6) is 0 Å². The molecule has 100 valence electrons. The van der Waals surface area contributed by atoms with Crippen LogP contribution in [-0.4, -0.2) is 28.8 Å². The van der Waals surface area contributed by atoms with Gasteiger partial charge in [0.1, 0.15) is 16.2 Å². The van der Waals surface area contributed by atoms with Crippen LogP contribution in [0.2, 0.25) is 0 Å². The molecule has 4 nitrogen and oxygen atoms in total. The maximum atomic E-state index is 11.1. The quantitative estimate of drug-likeness (QED) is 0.493. The van der Waals surface area contributed by atoms with E-state index in [-0.39, 0.29) is 5.97 Å². The molecule has 0 radical (unpaired) electrons. The number of rotatable bonds is 4. The number of hydrogen-bond acceptors (Lipinski definition) is 6. The number of ether oxygens (including phenoxy) is 1. The van der Waals surface area contributed by atoms with Crippen molar-refractivity contribution < 1.29 is 9.53 Å². The van der Waals surface area contributed by atoms with Gasteiger partial charge in [-0.25, -0.2) is 9.97 Å². The van der Waals surface area contributed by atoms with Crippen molar-refractivity contribution in [1.29, 1.82) is 0 Å². The van der Waals surface area contributed by atoms with Crippen LogP contribution >= 0.6 is 23.1 Å². The number of thioether (sulfide) groups is 1. The number of aromatic nitrogens is 2. The van der Waals surface area contributed by atoms with E-state index in [4.69, 9.17) is 0 Å². The van der Waals surface area contributed by atoms with Gasteiger partial charge in [0, 0.05) is 16.0 Å². The minimum Gasteiger partial charge on any atom is -0.469 e. The average molecular weight is 294 g/mol. The summed E-state index contributed by atoms with van der Waals surface area (Å²) in [6.07, 6.45) is 5.57. The molecule has 2 aromatic rings. The van der Waals surface area contributed by atoms with Crippen LogP contribution in [0.3, 0.4) is 0 Å². The molecule has 0 saturated carbocycles. The van der Waals surface area contributed by atoms with E-state index in [1.807, 2.05) is 0 Å². The fraction of sp³-hybridized carbons (Fsp3) is 0.462. The molecule has 0 spiro atoms. The van der Waals surface area contributed by atoms with Crippen molar-refractivity contribution in [3.63, 3.8) is 0 Å². The number of carbonyl (C=O) groups excluding carboxylic acids is 1. The van der Waals surface area contributed by atoms with E-state index >= 15 is 0 Å². The highest BCUT2D eigenvalue weighted by Crippen LogP contribution is 2.40. The number of thiophene rings is 1. The van der Waals surface area contributed by atoms with E-state index in [1.54, 1.807) is 29.4 Å². The lowest BCUT2D eigenvalue weighted by Crippen LogP contribution is -2.01. The van der Waals surface area contributed by atoms with E-state index in [2.05, 4.69) is 14.7 Å².